The molecule has 0 unspecified atom stereocenters. The lowest BCUT2D eigenvalue weighted by Crippen LogP contribution is -2.52. The highest BCUT2D eigenvalue weighted by molar-refractivity contribution is 5.84. The molecule has 0 bridgehead atoms. The molecule has 0 radical (unpaired) electrons. The van der Waals surface area contributed by atoms with Gasteiger partial charge in [-0.15, -0.1) is 0 Å². The topological polar surface area (TPSA) is 314 Å². The maximum Gasteiger partial charge on any atom is 0.226 e. The van der Waals surface area contributed by atoms with Crippen LogP contribution >= 0.6 is 0 Å². The van der Waals surface area contributed by atoms with Gasteiger partial charge in [-0.25, -0.2) is 0 Å². The summed E-state index contributed by atoms with van der Waals surface area (Å²) in [5, 5.41) is 57.1. The van der Waals surface area contributed by atoms with Crippen LogP contribution in [0, 0.1) is 11.8 Å². The molecule has 105 heavy (non-hydrogen) atoms. The molecule has 572 valence electrons. The highest BCUT2D eigenvalue weighted by Crippen LogP contribution is 2.72. The molecule has 0 saturated heterocycles. The molecule has 2 fully saturated rings. The molecule has 6 aromatic rings. The summed E-state index contributed by atoms with van der Waals surface area (Å²) in [4.78, 5) is 28.8. The zero-order chi connectivity index (χ0) is 74.1. The van der Waals surface area contributed by atoms with Gasteiger partial charge in [-0.05, 0) is 46.5 Å². The van der Waals surface area contributed by atoms with Crippen molar-refractivity contribution in [2.75, 3.05) is 201 Å². The van der Waals surface area contributed by atoms with Crippen molar-refractivity contribution >= 4 is 11.8 Å². The molecule has 0 spiro atoms. The van der Waals surface area contributed by atoms with Gasteiger partial charge in [0.05, 0.1) is 211 Å². The molecule has 2 heterocycles. The van der Waals surface area contributed by atoms with Crippen LogP contribution in [-0.4, -0.2) is 246 Å². The number of nitrogens with one attached hydrogen (secondary N) is 2. The number of aliphatic hydroxyl groups excluding tert-OH is 2. The Labute approximate surface area is 612 Å². The second-order valence-electron chi connectivity index (χ2n) is 25.1. The number of rotatable bonds is 48. The summed E-state index contributed by atoms with van der Waals surface area (Å²) in [6.45, 7) is 8.17. The van der Waals surface area contributed by atoms with Gasteiger partial charge < -0.3 is 121 Å². The number of carbonyl (C=O) groups is 2. The number of hydrogen-bond acceptors (Lipinski definition) is 25. The summed E-state index contributed by atoms with van der Waals surface area (Å²) >= 11 is 0. The summed E-state index contributed by atoms with van der Waals surface area (Å²) < 4.78 is 109. The molecular formula is C78H100N2O25. The van der Waals surface area contributed by atoms with E-state index in [0.29, 0.717) is 164 Å². The Hall–Kier alpha value is -7.94. The molecule has 6 aromatic carbocycles. The van der Waals surface area contributed by atoms with E-state index in [1.165, 1.54) is 28.4 Å². The molecule has 10 rings (SSSR count). The Morgan fingerprint density at radius 2 is 0.619 bits per heavy atom. The lowest BCUT2D eigenvalue weighted by Gasteiger charge is -2.40. The van der Waals surface area contributed by atoms with E-state index >= 15 is 0 Å². The first-order valence-corrected chi connectivity index (χ1v) is 35.3. The molecule has 27 heteroatoms. The number of hydrogen-bond donors (Lipinski definition) is 6. The lowest BCUT2D eigenvalue weighted by molar-refractivity contribution is -0.154. The minimum Gasteiger partial charge on any atom is -0.497 e. The third-order valence-corrected chi connectivity index (χ3v) is 19.3. The van der Waals surface area contributed by atoms with Crippen molar-refractivity contribution in [1.82, 2.24) is 10.6 Å². The standard InChI is InChI=1S/C78H100N2O25/c1-87-57-21-17-55(18-22-57)77-67(53-13-9-7-10-14-53)65(71(81)75(77,85)69-61(91-5)49-59(89-3)51-63(69)104-77)73(83)79-25-27-93-29-31-95-33-35-97-37-39-99-41-43-101-45-47-103-48-46-102-44-42-100-40-38-98-36-34-96-32-30-94-28-26-80-74(84)66-68(54-15-11-8-12-16-54)78(56-19-23-58(88-2)24-20-56)76(86,72(66)82)70-62(92-6)50-60(90-4)52-64(70)105-78/h7-24,49-52,65-68,71-72,81-82,85-86H,25-48H2,1-6H3,(H,79,83)(H,80,84)/t65-,66-,67-,68-,71-,72-,75+,76+,77+,78+/m1/s1. The first-order valence-electron chi connectivity index (χ1n) is 35.3. The van der Waals surface area contributed by atoms with E-state index in [9.17, 15) is 30.0 Å². The van der Waals surface area contributed by atoms with Crippen LogP contribution in [0.3, 0.4) is 0 Å². The van der Waals surface area contributed by atoms with Crippen LogP contribution in [-0.2, 0) is 84.1 Å². The molecule has 2 amide bonds. The zero-order valence-electron chi connectivity index (χ0n) is 60.5. The summed E-state index contributed by atoms with van der Waals surface area (Å²) in [6, 6.07) is 39.1. The Morgan fingerprint density at radius 3 is 0.876 bits per heavy atom. The Balaban J connectivity index is 0.499. The van der Waals surface area contributed by atoms with Crippen molar-refractivity contribution in [2.45, 2.75) is 46.4 Å². The number of ether oxygens (including phenoxy) is 19. The predicted octanol–water partition coefficient (Wildman–Crippen LogP) is 5.35. The molecule has 6 N–H and O–H groups in total. The van der Waals surface area contributed by atoms with E-state index in [4.69, 9.17) is 90.0 Å². The number of amides is 2. The number of carbonyl (C=O) groups excluding carboxylic acids is 2. The molecule has 0 aromatic heterocycles. The minimum atomic E-state index is -2.17. The molecule has 10 atom stereocenters. The van der Waals surface area contributed by atoms with Gasteiger partial charge >= 0.3 is 0 Å². The molecule has 4 aliphatic rings. The van der Waals surface area contributed by atoms with E-state index < -0.39 is 70.1 Å². The number of fused-ring (bicyclic) bond motifs is 6. The van der Waals surface area contributed by atoms with Crippen LogP contribution in [0.15, 0.2) is 133 Å². The average Bonchev–Trinajstić information content (AvgIpc) is 1.50. The van der Waals surface area contributed by atoms with E-state index in [1.54, 1.807) is 87.0 Å². The van der Waals surface area contributed by atoms with Crippen LogP contribution in [0.25, 0.3) is 0 Å². The van der Waals surface area contributed by atoms with Gasteiger partial charge in [0.1, 0.15) is 58.2 Å². The van der Waals surface area contributed by atoms with Gasteiger partial charge in [-0.2, -0.15) is 0 Å². The van der Waals surface area contributed by atoms with Crippen molar-refractivity contribution in [1.29, 1.82) is 0 Å². The van der Waals surface area contributed by atoms with Crippen LogP contribution in [0.5, 0.6) is 46.0 Å². The Morgan fingerprint density at radius 1 is 0.352 bits per heavy atom. The smallest absolute Gasteiger partial charge is 0.226 e. The van der Waals surface area contributed by atoms with Gasteiger partial charge in [-0.3, -0.25) is 9.59 Å². The van der Waals surface area contributed by atoms with Crippen LogP contribution in [0.2, 0.25) is 0 Å². The second-order valence-corrected chi connectivity index (χ2v) is 25.1. The van der Waals surface area contributed by atoms with Gasteiger partial charge in [0.25, 0.3) is 0 Å². The van der Waals surface area contributed by atoms with Crippen molar-refractivity contribution < 1.29 is 120 Å². The van der Waals surface area contributed by atoms with Crippen LogP contribution in [0.1, 0.15) is 45.2 Å². The van der Waals surface area contributed by atoms with E-state index in [1.807, 2.05) is 60.7 Å². The zero-order valence-corrected chi connectivity index (χ0v) is 60.5. The van der Waals surface area contributed by atoms with Crippen LogP contribution in [0.4, 0.5) is 0 Å². The number of aliphatic hydroxyl groups is 4. The Bertz CT molecular complexity index is 3400. The highest BCUT2D eigenvalue weighted by atomic mass is 16.6. The summed E-state index contributed by atoms with van der Waals surface area (Å²) in [5.41, 5.74) is -4.95. The first-order chi connectivity index (χ1) is 51.3. The van der Waals surface area contributed by atoms with Gasteiger partial charge in [0.2, 0.25) is 11.8 Å². The molecular weight excluding hydrogens is 1360 g/mol. The average molecular weight is 1470 g/mol. The van der Waals surface area contributed by atoms with E-state index in [2.05, 4.69) is 10.6 Å². The third-order valence-electron chi connectivity index (χ3n) is 19.3. The van der Waals surface area contributed by atoms with Crippen molar-refractivity contribution in [3.8, 4) is 46.0 Å². The fourth-order valence-electron chi connectivity index (χ4n) is 14.6. The first kappa shape index (κ1) is 79.6. The maximum absolute atomic E-state index is 14.4. The summed E-state index contributed by atoms with van der Waals surface area (Å²) in [5.74, 6) is -2.15. The molecule has 27 nitrogen and oxygen atoms in total. The third kappa shape index (κ3) is 17.5. The fourth-order valence-corrected chi connectivity index (χ4v) is 14.6. The SMILES string of the molecule is COc1ccc([C@@]23Oc4cc(OC)cc(OC)c4[C@]2(O)[C@H](O)[C@H](C(=O)NCCOCCOCCOCCOCCOCCOCCOCCOCCOCCOCCOCCNC(=O)[C@H]2[C@@H](O)[C@@]4(O)c5c(OC)cc(OC)cc5O[C@@]4(c4ccc(OC)cc4)[C@@H]2c2ccccc2)[C@H]3c2ccccc2)cc1. The van der Waals surface area contributed by atoms with Gasteiger partial charge in [0, 0.05) is 49.2 Å². The summed E-state index contributed by atoms with van der Waals surface area (Å²) in [6.07, 6.45) is -3.32. The summed E-state index contributed by atoms with van der Waals surface area (Å²) in [7, 11) is 9.05. The fraction of sp³-hybridized carbons (Fsp3) is 0.513. The van der Waals surface area contributed by atoms with Crippen molar-refractivity contribution in [2.24, 2.45) is 11.8 Å². The molecule has 2 aliphatic carbocycles. The molecule has 2 saturated carbocycles. The number of benzene rings is 6. The highest BCUT2D eigenvalue weighted by Gasteiger charge is 2.79. The second kappa shape index (κ2) is 39.1. The number of methoxy groups -OCH3 is 6. The normalized spacial score (nSPS) is 23.1. The predicted molar refractivity (Wildman–Crippen MR) is 380 cm³/mol. The lowest BCUT2D eigenvalue weighted by atomic mass is 9.70. The van der Waals surface area contributed by atoms with Crippen molar-refractivity contribution in [3.63, 3.8) is 0 Å². The van der Waals surface area contributed by atoms with Gasteiger partial charge in [-0.1, -0.05) is 84.9 Å². The minimum absolute atomic E-state index is 0.131. The van der Waals surface area contributed by atoms with Crippen molar-refractivity contribution in [3.05, 3.63) is 167 Å². The van der Waals surface area contributed by atoms with Crippen LogP contribution < -0.4 is 48.5 Å². The quantitative estimate of drug-likeness (QED) is 0.0262. The Kier molecular flexibility index (Phi) is 29.6. The van der Waals surface area contributed by atoms with E-state index in [-0.39, 0.29) is 73.6 Å². The van der Waals surface area contributed by atoms with Gasteiger partial charge in [0.15, 0.2) is 22.4 Å². The largest absolute Gasteiger partial charge is 0.497 e. The molecule has 2 aliphatic heterocycles. The monoisotopic (exact) mass is 1460 g/mol. The maximum atomic E-state index is 14.4. The van der Waals surface area contributed by atoms with E-state index in [0.717, 1.165) is 0 Å².